The number of aromatic nitrogens is 2. The van der Waals surface area contributed by atoms with Crippen molar-refractivity contribution in [3.05, 3.63) is 29.6 Å². The third-order valence-electron chi connectivity index (χ3n) is 4.14. The Bertz CT molecular complexity index is 587. The van der Waals surface area contributed by atoms with Crippen molar-refractivity contribution in [3.63, 3.8) is 0 Å². The van der Waals surface area contributed by atoms with Crippen LogP contribution in [0.25, 0.3) is 11.0 Å². The Morgan fingerprint density at radius 3 is 2.90 bits per heavy atom. The second-order valence-corrected chi connectivity index (χ2v) is 5.80. The molecule has 0 N–H and O–H groups in total. The molecule has 1 fully saturated rings. The molecule has 0 spiro atoms. The Balaban J connectivity index is 1.78. The number of ether oxygens (including phenoxy) is 1. The van der Waals surface area contributed by atoms with Crippen LogP contribution in [0.1, 0.15) is 37.1 Å². The van der Waals surface area contributed by atoms with Crippen LogP contribution in [0.4, 0.5) is 0 Å². The molecule has 2 aromatic rings. The maximum absolute atomic E-state index is 6.04. The molecule has 3 nitrogen and oxygen atoms in total. The summed E-state index contributed by atoms with van der Waals surface area (Å²) in [6, 6.07) is 6.21. The number of halogens is 1. The Morgan fingerprint density at radius 1 is 1.35 bits per heavy atom. The largest absolute Gasteiger partial charge is 0.376 e. The first-order valence-corrected chi connectivity index (χ1v) is 7.95. The Kier molecular flexibility index (Phi) is 4.27. The van der Waals surface area contributed by atoms with Gasteiger partial charge in [0.25, 0.3) is 0 Å². The molecule has 0 amide bonds. The number of benzene rings is 1. The van der Waals surface area contributed by atoms with Crippen molar-refractivity contribution in [1.82, 2.24) is 9.55 Å². The first kappa shape index (κ1) is 13.9. The quantitative estimate of drug-likeness (QED) is 0.778. The molecule has 108 valence electrons. The van der Waals surface area contributed by atoms with E-state index in [1.165, 1.54) is 36.8 Å². The number of hydrogen-bond donors (Lipinski definition) is 0. The molecule has 3 rings (SSSR count). The number of imidazole rings is 1. The minimum atomic E-state index is 0.442. The summed E-state index contributed by atoms with van der Waals surface area (Å²) in [6.45, 7) is 3.70. The monoisotopic (exact) mass is 292 g/mol. The zero-order valence-corrected chi connectivity index (χ0v) is 12.7. The minimum Gasteiger partial charge on any atom is -0.376 e. The molecule has 0 bridgehead atoms. The van der Waals surface area contributed by atoms with Gasteiger partial charge in [0.05, 0.1) is 29.6 Å². The third-order valence-corrected chi connectivity index (χ3v) is 4.38. The molecule has 0 aliphatic heterocycles. The smallest absolute Gasteiger partial charge is 0.124 e. The van der Waals surface area contributed by atoms with Crippen LogP contribution in [-0.2, 0) is 17.2 Å². The van der Waals surface area contributed by atoms with Crippen molar-refractivity contribution in [2.45, 2.75) is 51.1 Å². The van der Waals surface area contributed by atoms with Gasteiger partial charge in [-0.1, -0.05) is 25.0 Å². The minimum absolute atomic E-state index is 0.442. The fraction of sp³-hybridized carbons (Fsp3) is 0.562. The lowest BCUT2D eigenvalue weighted by Crippen LogP contribution is -2.14. The summed E-state index contributed by atoms with van der Waals surface area (Å²) in [6.07, 6.45) is 5.51. The SMILES string of the molecule is Cc1cccc2nc(CCl)n(CCOC3CCCC3)c12. The number of fused-ring (bicyclic) bond motifs is 1. The highest BCUT2D eigenvalue weighted by molar-refractivity contribution is 6.16. The third kappa shape index (κ3) is 2.70. The van der Waals surface area contributed by atoms with E-state index in [4.69, 9.17) is 16.3 Å². The number of para-hydroxylation sites is 1. The van der Waals surface area contributed by atoms with Crippen LogP contribution in [0.3, 0.4) is 0 Å². The average molecular weight is 293 g/mol. The lowest BCUT2D eigenvalue weighted by Gasteiger charge is -2.13. The van der Waals surface area contributed by atoms with Gasteiger partial charge in [0.1, 0.15) is 5.82 Å². The van der Waals surface area contributed by atoms with Crippen molar-refractivity contribution in [2.24, 2.45) is 0 Å². The van der Waals surface area contributed by atoms with Crippen molar-refractivity contribution in [1.29, 1.82) is 0 Å². The van der Waals surface area contributed by atoms with Gasteiger partial charge in [-0.3, -0.25) is 0 Å². The van der Waals surface area contributed by atoms with E-state index < -0.39 is 0 Å². The lowest BCUT2D eigenvalue weighted by atomic mass is 10.2. The maximum atomic E-state index is 6.04. The van der Waals surface area contributed by atoms with E-state index in [9.17, 15) is 0 Å². The van der Waals surface area contributed by atoms with Gasteiger partial charge in [0.15, 0.2) is 0 Å². The van der Waals surface area contributed by atoms with Gasteiger partial charge in [0.2, 0.25) is 0 Å². The zero-order valence-electron chi connectivity index (χ0n) is 11.9. The summed E-state index contributed by atoms with van der Waals surface area (Å²) in [5, 5.41) is 0. The van der Waals surface area contributed by atoms with E-state index in [1.54, 1.807) is 0 Å². The zero-order chi connectivity index (χ0) is 13.9. The summed E-state index contributed by atoms with van der Waals surface area (Å²) >= 11 is 6.04. The second kappa shape index (κ2) is 6.15. The first-order valence-electron chi connectivity index (χ1n) is 7.42. The van der Waals surface area contributed by atoms with E-state index >= 15 is 0 Å². The van der Waals surface area contributed by atoms with Gasteiger partial charge in [-0.2, -0.15) is 0 Å². The summed E-state index contributed by atoms with van der Waals surface area (Å²) in [5.41, 5.74) is 3.46. The lowest BCUT2D eigenvalue weighted by molar-refractivity contribution is 0.0532. The molecule has 1 heterocycles. The van der Waals surface area contributed by atoms with Crippen LogP contribution < -0.4 is 0 Å². The molecule has 0 atom stereocenters. The van der Waals surface area contributed by atoms with Crippen LogP contribution in [0, 0.1) is 6.92 Å². The van der Waals surface area contributed by atoms with Crippen molar-refractivity contribution in [3.8, 4) is 0 Å². The van der Waals surface area contributed by atoms with Crippen LogP contribution in [0.2, 0.25) is 0 Å². The maximum Gasteiger partial charge on any atom is 0.124 e. The van der Waals surface area contributed by atoms with Gasteiger partial charge in [-0.25, -0.2) is 4.98 Å². The van der Waals surface area contributed by atoms with Crippen molar-refractivity contribution in [2.75, 3.05) is 6.61 Å². The van der Waals surface area contributed by atoms with E-state index in [-0.39, 0.29) is 0 Å². The van der Waals surface area contributed by atoms with Crippen LogP contribution in [0.15, 0.2) is 18.2 Å². The molecule has 0 unspecified atom stereocenters. The van der Waals surface area contributed by atoms with Gasteiger partial charge in [0, 0.05) is 6.54 Å². The van der Waals surface area contributed by atoms with Crippen molar-refractivity contribution >= 4 is 22.6 Å². The van der Waals surface area contributed by atoms with E-state index in [2.05, 4.69) is 22.5 Å². The van der Waals surface area contributed by atoms with Gasteiger partial charge >= 0.3 is 0 Å². The molecule has 20 heavy (non-hydrogen) atoms. The first-order chi connectivity index (χ1) is 9.79. The molecule has 1 aliphatic rings. The molecular weight excluding hydrogens is 272 g/mol. The number of alkyl halides is 1. The summed E-state index contributed by atoms with van der Waals surface area (Å²) < 4.78 is 8.19. The Hall–Kier alpha value is -1.06. The Labute approximate surface area is 124 Å². The number of rotatable bonds is 5. The van der Waals surface area contributed by atoms with Crippen molar-refractivity contribution < 1.29 is 4.74 Å². The molecule has 1 aromatic heterocycles. The van der Waals surface area contributed by atoms with Gasteiger partial charge < -0.3 is 9.30 Å². The standard InChI is InChI=1S/C16H21ClN2O/c1-12-5-4-8-14-16(12)19(15(11-17)18-14)9-10-20-13-6-2-3-7-13/h4-5,8,13H,2-3,6-7,9-11H2,1H3. The number of hydrogen-bond acceptors (Lipinski definition) is 2. The van der Waals surface area contributed by atoms with Gasteiger partial charge in [-0.05, 0) is 31.4 Å². The number of nitrogens with zero attached hydrogens (tertiary/aromatic N) is 2. The average Bonchev–Trinajstić information content (AvgIpc) is 3.07. The predicted molar refractivity (Wildman–Crippen MR) is 82.2 cm³/mol. The van der Waals surface area contributed by atoms with Crippen LogP contribution in [0.5, 0.6) is 0 Å². The molecule has 1 saturated carbocycles. The van der Waals surface area contributed by atoms with E-state index in [0.717, 1.165) is 24.5 Å². The summed E-state index contributed by atoms with van der Waals surface area (Å²) in [4.78, 5) is 4.62. The predicted octanol–water partition coefficient (Wildman–Crippen LogP) is 4.04. The topological polar surface area (TPSA) is 27.1 Å². The fourth-order valence-electron chi connectivity index (χ4n) is 3.12. The normalized spacial score (nSPS) is 16.3. The molecule has 1 aliphatic carbocycles. The van der Waals surface area contributed by atoms with Gasteiger partial charge in [-0.15, -0.1) is 11.6 Å². The van der Waals surface area contributed by atoms with Crippen LogP contribution >= 0.6 is 11.6 Å². The molecule has 1 aromatic carbocycles. The second-order valence-electron chi connectivity index (χ2n) is 5.53. The number of aryl methyl sites for hydroxylation is 1. The van der Waals surface area contributed by atoms with E-state index in [0.29, 0.717) is 12.0 Å². The molecular formula is C16H21ClN2O. The highest BCUT2D eigenvalue weighted by Gasteiger charge is 2.16. The fourth-order valence-corrected chi connectivity index (χ4v) is 3.33. The van der Waals surface area contributed by atoms with Crippen LogP contribution in [-0.4, -0.2) is 22.3 Å². The molecule has 4 heteroatoms. The molecule has 0 saturated heterocycles. The highest BCUT2D eigenvalue weighted by Crippen LogP contribution is 2.23. The summed E-state index contributed by atoms with van der Waals surface area (Å²) in [5.74, 6) is 1.38. The molecule has 0 radical (unpaired) electrons. The Morgan fingerprint density at radius 2 is 2.15 bits per heavy atom. The van der Waals surface area contributed by atoms with E-state index in [1.807, 2.05) is 12.1 Å². The highest BCUT2D eigenvalue weighted by atomic mass is 35.5. The summed E-state index contributed by atoms with van der Waals surface area (Å²) in [7, 11) is 0.